The molecule has 2 aliphatic rings. The van der Waals surface area contributed by atoms with Crippen LogP contribution in [0.4, 0.5) is 27.6 Å². The standard InChI is InChI=1S/C31H41F5N4O/c1-19-10-23-22(6-7-27(24(23)14-37)38-17-30(2,3)35)29(40(19)18-31(4,5)36)28-25(33)11-21(12-26(28)34)41-9-8-39-15-20(13-32)16-39/h6-7,11-12,14,19-20,29,37-38H,8-10,13,15-18H2,1-5H3. The van der Waals surface area contributed by atoms with E-state index in [2.05, 4.69) is 5.32 Å². The van der Waals surface area contributed by atoms with E-state index in [0.717, 1.165) is 12.1 Å². The molecule has 41 heavy (non-hydrogen) atoms. The third kappa shape index (κ3) is 7.38. The van der Waals surface area contributed by atoms with Gasteiger partial charge in [-0.15, -0.1) is 0 Å². The quantitative estimate of drug-likeness (QED) is 0.223. The first-order valence-electron chi connectivity index (χ1n) is 14.1. The fraction of sp³-hybridized carbons (Fsp3) is 0.581. The highest BCUT2D eigenvalue weighted by Gasteiger charge is 2.40. The molecule has 5 nitrogen and oxygen atoms in total. The van der Waals surface area contributed by atoms with Gasteiger partial charge in [0.15, 0.2) is 0 Å². The second-order valence-corrected chi connectivity index (χ2v) is 12.6. The zero-order chi connectivity index (χ0) is 30.1. The van der Waals surface area contributed by atoms with E-state index in [1.807, 2.05) is 11.8 Å². The molecule has 0 spiro atoms. The molecule has 10 heteroatoms. The first kappa shape index (κ1) is 31.2. The van der Waals surface area contributed by atoms with Gasteiger partial charge in [0, 0.05) is 79.8 Å². The van der Waals surface area contributed by atoms with E-state index in [4.69, 9.17) is 10.1 Å². The highest BCUT2D eigenvalue weighted by atomic mass is 19.2. The van der Waals surface area contributed by atoms with Gasteiger partial charge in [-0.3, -0.25) is 14.2 Å². The number of alkyl halides is 3. The highest BCUT2D eigenvalue weighted by molar-refractivity contribution is 5.89. The normalized spacial score (nSPS) is 20.4. The molecule has 4 rings (SSSR count). The van der Waals surface area contributed by atoms with E-state index in [-0.39, 0.29) is 49.6 Å². The van der Waals surface area contributed by atoms with Crippen LogP contribution in [0.25, 0.3) is 0 Å². The topological polar surface area (TPSA) is 51.6 Å². The summed E-state index contributed by atoms with van der Waals surface area (Å²) in [6.45, 7) is 9.23. The lowest BCUT2D eigenvalue weighted by molar-refractivity contribution is 0.0645. The summed E-state index contributed by atoms with van der Waals surface area (Å²) in [6, 6.07) is 4.44. The van der Waals surface area contributed by atoms with Gasteiger partial charge in [0.25, 0.3) is 0 Å². The molecule has 2 aliphatic heterocycles. The summed E-state index contributed by atoms with van der Waals surface area (Å²) in [5.41, 5.74) is -0.990. The van der Waals surface area contributed by atoms with Crippen molar-refractivity contribution in [3.8, 4) is 5.75 Å². The average molecular weight is 581 g/mol. The molecule has 2 N–H and O–H groups in total. The van der Waals surface area contributed by atoms with Crippen molar-refractivity contribution >= 4 is 11.9 Å². The Kier molecular flexibility index (Phi) is 9.33. The molecule has 2 aromatic carbocycles. The van der Waals surface area contributed by atoms with Gasteiger partial charge < -0.3 is 15.5 Å². The molecule has 2 aromatic rings. The number of rotatable bonds is 12. The Hall–Kier alpha value is -2.72. The molecule has 0 amide bonds. The maximum absolute atomic E-state index is 15.8. The minimum Gasteiger partial charge on any atom is -0.492 e. The summed E-state index contributed by atoms with van der Waals surface area (Å²) >= 11 is 0. The van der Waals surface area contributed by atoms with Crippen LogP contribution in [0.15, 0.2) is 24.3 Å². The summed E-state index contributed by atoms with van der Waals surface area (Å²) in [6.07, 6.45) is 1.59. The number of hydrogen-bond acceptors (Lipinski definition) is 5. The number of hydrogen-bond donors (Lipinski definition) is 2. The Morgan fingerprint density at radius 3 is 2.29 bits per heavy atom. The van der Waals surface area contributed by atoms with Gasteiger partial charge in [-0.2, -0.15) is 0 Å². The fourth-order valence-corrected chi connectivity index (χ4v) is 5.79. The van der Waals surface area contributed by atoms with Crippen LogP contribution in [0.5, 0.6) is 5.75 Å². The number of halogens is 5. The molecular weight excluding hydrogens is 539 g/mol. The zero-order valence-electron chi connectivity index (χ0n) is 24.5. The molecule has 0 aromatic heterocycles. The van der Waals surface area contributed by atoms with Crippen molar-refractivity contribution in [2.45, 2.75) is 64.5 Å². The van der Waals surface area contributed by atoms with E-state index in [1.54, 1.807) is 17.0 Å². The first-order valence-corrected chi connectivity index (χ1v) is 14.1. The van der Waals surface area contributed by atoms with Gasteiger partial charge in [0.2, 0.25) is 0 Å². The van der Waals surface area contributed by atoms with Crippen LogP contribution < -0.4 is 10.1 Å². The molecular formula is C31H41F5N4O. The molecule has 1 saturated heterocycles. The van der Waals surface area contributed by atoms with Crippen molar-refractivity contribution in [1.29, 1.82) is 5.41 Å². The van der Waals surface area contributed by atoms with Crippen LogP contribution in [0, 0.1) is 23.0 Å². The van der Waals surface area contributed by atoms with Crippen LogP contribution in [-0.2, 0) is 6.42 Å². The molecule has 0 radical (unpaired) electrons. The number of anilines is 1. The molecule has 0 saturated carbocycles. The summed E-state index contributed by atoms with van der Waals surface area (Å²) in [7, 11) is 0. The maximum atomic E-state index is 15.8. The average Bonchev–Trinajstić information content (AvgIpc) is 2.83. The summed E-state index contributed by atoms with van der Waals surface area (Å²) in [5, 5.41) is 11.2. The van der Waals surface area contributed by atoms with E-state index in [0.29, 0.717) is 48.4 Å². The van der Waals surface area contributed by atoms with Crippen LogP contribution in [0.3, 0.4) is 0 Å². The lowest BCUT2D eigenvalue weighted by Crippen LogP contribution is -2.49. The molecule has 1 fully saturated rings. The van der Waals surface area contributed by atoms with Crippen LogP contribution in [-0.4, -0.2) is 79.4 Å². The van der Waals surface area contributed by atoms with Gasteiger partial charge in [-0.05, 0) is 58.2 Å². The van der Waals surface area contributed by atoms with E-state index < -0.39 is 29.0 Å². The molecule has 226 valence electrons. The summed E-state index contributed by atoms with van der Waals surface area (Å²) < 4.78 is 79.2. The van der Waals surface area contributed by atoms with Crippen LogP contribution in [0.1, 0.15) is 62.9 Å². The minimum absolute atomic E-state index is 0.0205. The Morgan fingerprint density at radius 2 is 1.73 bits per heavy atom. The van der Waals surface area contributed by atoms with E-state index >= 15 is 13.2 Å². The summed E-state index contributed by atoms with van der Waals surface area (Å²) in [5.74, 6) is -1.55. The predicted octanol–water partition coefficient (Wildman–Crippen LogP) is 6.49. The van der Waals surface area contributed by atoms with Crippen molar-refractivity contribution in [3.63, 3.8) is 0 Å². The maximum Gasteiger partial charge on any atom is 0.134 e. The van der Waals surface area contributed by atoms with Gasteiger partial charge >= 0.3 is 0 Å². The van der Waals surface area contributed by atoms with Crippen LogP contribution >= 0.6 is 0 Å². The Morgan fingerprint density at radius 1 is 1.07 bits per heavy atom. The largest absolute Gasteiger partial charge is 0.492 e. The Labute approximate surface area is 239 Å². The third-order valence-corrected chi connectivity index (χ3v) is 7.74. The van der Waals surface area contributed by atoms with Gasteiger partial charge in [-0.1, -0.05) is 6.07 Å². The van der Waals surface area contributed by atoms with Crippen molar-refractivity contribution in [2.75, 3.05) is 51.3 Å². The molecule has 2 heterocycles. The number of likely N-dealkylation sites (tertiary alicyclic amines) is 1. The van der Waals surface area contributed by atoms with Crippen molar-refractivity contribution in [3.05, 3.63) is 58.2 Å². The minimum atomic E-state index is -1.64. The van der Waals surface area contributed by atoms with E-state index in [1.165, 1.54) is 33.9 Å². The highest BCUT2D eigenvalue weighted by Crippen LogP contribution is 2.44. The fourth-order valence-electron chi connectivity index (χ4n) is 5.79. The van der Waals surface area contributed by atoms with Crippen molar-refractivity contribution < 1.29 is 26.7 Å². The SMILES string of the molecule is CC1Cc2c(ccc(NCC(C)(C)F)c2C=N)C(c2c(F)cc(OCCN3CC(CF)C3)cc2F)N1CC(C)(C)F. The monoisotopic (exact) mass is 580 g/mol. The smallest absolute Gasteiger partial charge is 0.134 e. The number of nitrogens with zero attached hydrogens (tertiary/aromatic N) is 2. The van der Waals surface area contributed by atoms with Crippen molar-refractivity contribution in [2.24, 2.45) is 5.92 Å². The Balaban J connectivity index is 1.69. The van der Waals surface area contributed by atoms with E-state index in [9.17, 15) is 8.78 Å². The number of benzene rings is 2. The second-order valence-electron chi connectivity index (χ2n) is 12.6. The number of nitrogens with one attached hydrogen (secondary N) is 2. The molecule has 2 unspecified atom stereocenters. The summed E-state index contributed by atoms with van der Waals surface area (Å²) in [4.78, 5) is 3.78. The number of ether oxygens (including phenoxy) is 1. The Bertz CT molecular complexity index is 1210. The second kappa shape index (κ2) is 12.3. The molecule has 0 aliphatic carbocycles. The molecule has 2 atom stereocenters. The molecule has 0 bridgehead atoms. The van der Waals surface area contributed by atoms with Gasteiger partial charge in [-0.25, -0.2) is 17.6 Å². The predicted molar refractivity (Wildman–Crippen MR) is 153 cm³/mol. The zero-order valence-corrected chi connectivity index (χ0v) is 24.5. The first-order chi connectivity index (χ1) is 19.2. The van der Waals surface area contributed by atoms with Crippen LogP contribution in [0.2, 0.25) is 0 Å². The lowest BCUT2D eigenvalue weighted by Gasteiger charge is -2.44. The third-order valence-electron chi connectivity index (χ3n) is 7.74. The number of fused-ring (bicyclic) bond motifs is 1. The lowest BCUT2D eigenvalue weighted by atomic mass is 9.81. The van der Waals surface area contributed by atoms with Crippen molar-refractivity contribution in [1.82, 2.24) is 9.80 Å². The van der Waals surface area contributed by atoms with Gasteiger partial charge in [0.05, 0.1) is 12.7 Å². The van der Waals surface area contributed by atoms with Gasteiger partial charge in [0.1, 0.15) is 35.3 Å².